The van der Waals surface area contributed by atoms with Gasteiger partial charge in [-0.15, -0.1) is 11.8 Å². The summed E-state index contributed by atoms with van der Waals surface area (Å²) in [6, 6.07) is 20.9. The number of hydrogen-bond acceptors (Lipinski definition) is 4. The van der Waals surface area contributed by atoms with Crippen LogP contribution in [0, 0.1) is 6.92 Å². The van der Waals surface area contributed by atoms with Gasteiger partial charge in [0.2, 0.25) is 0 Å². The molecule has 0 radical (unpaired) electrons. The molecule has 0 aliphatic carbocycles. The van der Waals surface area contributed by atoms with E-state index in [9.17, 15) is 5.11 Å². The van der Waals surface area contributed by atoms with Gasteiger partial charge in [0.05, 0.1) is 10.1 Å². The minimum absolute atomic E-state index is 0.0505. The SMILES string of the molecule is [3H]Oc1ccc([C@@H]2Sc3ccc(C)cc3O[C@@H]2c2ccc(O)cc2)cc1. The molecule has 0 bridgehead atoms. The number of ether oxygens (including phenoxy) is 1. The number of thioether (sulfide) groups is 1. The fourth-order valence-electron chi connectivity index (χ4n) is 3.01. The van der Waals surface area contributed by atoms with Crippen molar-refractivity contribution in [2.75, 3.05) is 0 Å². The van der Waals surface area contributed by atoms with Gasteiger partial charge in [-0.05, 0) is 60.0 Å². The predicted molar refractivity (Wildman–Crippen MR) is 99.4 cm³/mol. The van der Waals surface area contributed by atoms with E-state index in [4.69, 9.17) is 6.17 Å². The molecule has 0 spiro atoms. The van der Waals surface area contributed by atoms with Gasteiger partial charge in [0.15, 0.2) is 0 Å². The molecule has 2 N–H and O–H groups in total. The van der Waals surface area contributed by atoms with Crippen LogP contribution in [0.15, 0.2) is 71.6 Å². The van der Waals surface area contributed by atoms with Crippen molar-refractivity contribution < 1.29 is 15.0 Å². The van der Waals surface area contributed by atoms with Crippen LogP contribution >= 0.6 is 11.8 Å². The van der Waals surface area contributed by atoms with E-state index in [1.54, 1.807) is 36.0 Å². The molecule has 126 valence electrons. The van der Waals surface area contributed by atoms with Crippen LogP contribution in [0.2, 0.25) is 0 Å². The maximum atomic E-state index is 9.61. The lowest BCUT2D eigenvalue weighted by molar-refractivity contribution is 0.190. The van der Waals surface area contributed by atoms with Gasteiger partial charge in [-0.1, -0.05) is 30.3 Å². The van der Waals surface area contributed by atoms with Gasteiger partial charge < -0.3 is 15.0 Å². The third-order valence-electron chi connectivity index (χ3n) is 4.31. The minimum atomic E-state index is -0.183. The van der Waals surface area contributed by atoms with Gasteiger partial charge >= 0.3 is 0 Å². The van der Waals surface area contributed by atoms with Gasteiger partial charge in [-0.3, -0.25) is 0 Å². The molecule has 3 aromatic rings. The number of benzene rings is 3. The molecule has 4 heteroatoms. The van der Waals surface area contributed by atoms with E-state index < -0.39 is 0 Å². The van der Waals surface area contributed by atoms with Crippen molar-refractivity contribution >= 4 is 11.8 Å². The van der Waals surface area contributed by atoms with E-state index in [1.807, 2.05) is 24.3 Å². The zero-order chi connectivity index (χ0) is 18.1. The van der Waals surface area contributed by atoms with Gasteiger partial charge in [-0.25, -0.2) is 0 Å². The number of rotatable bonds is 3. The maximum Gasteiger partial charge on any atom is 0.293 e. The van der Waals surface area contributed by atoms with Crippen LogP contribution < -0.4 is 4.74 Å². The molecule has 1 aliphatic heterocycles. The number of hydrogen-bond donors (Lipinski definition) is 2. The lowest BCUT2D eigenvalue weighted by Crippen LogP contribution is -2.19. The number of phenolic OH excluding ortho intramolecular Hbond substituents is 2. The largest absolute Gasteiger partial charge is 0.508 e. The Kier molecular flexibility index (Phi) is 3.75. The highest BCUT2D eigenvalue weighted by Gasteiger charge is 2.33. The third-order valence-corrected chi connectivity index (χ3v) is 5.68. The highest BCUT2D eigenvalue weighted by atomic mass is 32.2. The van der Waals surface area contributed by atoms with E-state index in [0.29, 0.717) is 5.75 Å². The van der Waals surface area contributed by atoms with Gasteiger partial charge in [-0.2, -0.15) is 0 Å². The topological polar surface area (TPSA) is 49.7 Å². The average molecular weight is 352 g/mol. The second-order valence-corrected chi connectivity index (χ2v) is 7.37. The highest BCUT2D eigenvalue weighted by Crippen LogP contribution is 2.53. The molecule has 0 saturated heterocycles. The second-order valence-electron chi connectivity index (χ2n) is 6.19. The van der Waals surface area contributed by atoms with E-state index in [0.717, 1.165) is 27.3 Å². The molecule has 2 atom stereocenters. The summed E-state index contributed by atoms with van der Waals surface area (Å²) in [5.74, 6) is 1.63. The summed E-state index contributed by atoms with van der Waals surface area (Å²) in [4.78, 5) is 1.11. The fraction of sp³-hybridized carbons (Fsp3) is 0.143. The molecule has 1 aliphatic rings. The molecular formula is C21H18O3S. The first-order chi connectivity index (χ1) is 12.6. The fourth-order valence-corrected chi connectivity index (χ4v) is 4.28. The summed E-state index contributed by atoms with van der Waals surface area (Å²) < 4.78 is 13.4. The zero-order valence-corrected chi connectivity index (χ0v) is 14.5. The first kappa shape index (κ1) is 14.7. The summed E-state index contributed by atoms with van der Waals surface area (Å²) in [5, 5.41) is 14.2. The number of aromatic hydroxyl groups is 2. The van der Waals surface area contributed by atoms with Crippen molar-refractivity contribution in [3.63, 3.8) is 0 Å². The molecule has 0 aromatic heterocycles. The Morgan fingerprint density at radius 3 is 2.32 bits per heavy atom. The summed E-state index contributed by atoms with van der Waals surface area (Å²) in [7, 11) is 0. The zero-order valence-electron chi connectivity index (χ0n) is 14.7. The Balaban J connectivity index is 1.76. The van der Waals surface area contributed by atoms with Gasteiger partial charge in [0.1, 0.15) is 23.4 Å². The Morgan fingerprint density at radius 2 is 1.60 bits per heavy atom. The van der Waals surface area contributed by atoms with Crippen molar-refractivity contribution in [3.8, 4) is 17.2 Å². The summed E-state index contributed by atoms with van der Waals surface area (Å²) >= 11 is 1.76. The monoisotopic (exact) mass is 352 g/mol. The molecular weight excluding hydrogens is 332 g/mol. The quantitative estimate of drug-likeness (QED) is 0.665. The lowest BCUT2D eigenvalue weighted by atomic mass is 10.00. The number of aryl methyl sites for hydroxylation is 1. The molecule has 3 nitrogen and oxygen atoms in total. The molecule has 0 fully saturated rings. The van der Waals surface area contributed by atoms with Crippen molar-refractivity contribution in [2.45, 2.75) is 23.2 Å². The van der Waals surface area contributed by atoms with Crippen LogP contribution in [0.25, 0.3) is 0 Å². The van der Waals surface area contributed by atoms with E-state index in [-0.39, 0.29) is 17.1 Å². The Bertz CT molecular complexity index is 910. The predicted octanol–water partition coefficient (Wildman–Crippen LogP) is 5.37. The maximum absolute atomic E-state index is 9.61. The average Bonchev–Trinajstić information content (AvgIpc) is 2.67. The highest BCUT2D eigenvalue weighted by molar-refractivity contribution is 7.99. The first-order valence-corrected chi connectivity index (χ1v) is 8.98. The Hall–Kier alpha value is -2.59. The van der Waals surface area contributed by atoms with Crippen LogP contribution in [0.1, 0.15) is 28.0 Å². The summed E-state index contributed by atoms with van der Waals surface area (Å²) in [6.07, 6.45) is -0.183. The molecule has 1 heterocycles. The van der Waals surface area contributed by atoms with Gasteiger partial charge in [0.25, 0.3) is 1.43 Å². The van der Waals surface area contributed by atoms with E-state index >= 15 is 0 Å². The van der Waals surface area contributed by atoms with Crippen molar-refractivity contribution in [3.05, 3.63) is 83.4 Å². The first-order valence-electron chi connectivity index (χ1n) is 8.51. The standard InChI is InChI=1S/C21H18O3S/c1-13-2-11-19-18(12-13)24-20(14-3-7-16(22)8-4-14)21(25-19)15-5-9-17(23)10-6-15/h2-12,20-23H,1H3/t20-,21+/m1/s1/i/hT. The molecule has 3 aromatic carbocycles. The van der Waals surface area contributed by atoms with Crippen LogP contribution in [0.5, 0.6) is 17.2 Å². The van der Waals surface area contributed by atoms with Gasteiger partial charge in [0, 0.05) is 0 Å². The lowest BCUT2D eigenvalue weighted by Gasteiger charge is -2.34. The van der Waals surface area contributed by atoms with Crippen LogP contribution in [0.4, 0.5) is 0 Å². The molecule has 4 rings (SSSR count). The smallest absolute Gasteiger partial charge is 0.293 e. The number of phenols is 2. The van der Waals surface area contributed by atoms with Crippen molar-refractivity contribution in [2.24, 2.45) is 0 Å². The molecule has 25 heavy (non-hydrogen) atoms. The van der Waals surface area contributed by atoms with Crippen LogP contribution in [-0.2, 0) is 0 Å². The van der Waals surface area contributed by atoms with E-state index in [1.165, 1.54) is 0 Å². The Labute approximate surface area is 152 Å². The normalized spacial score (nSPS) is 19.5. The van der Waals surface area contributed by atoms with Crippen molar-refractivity contribution in [1.29, 1.82) is 1.43 Å². The minimum Gasteiger partial charge on any atom is -0.508 e. The van der Waals surface area contributed by atoms with Crippen LogP contribution in [-0.4, -0.2) is 11.6 Å². The molecule has 0 unspecified atom stereocenters. The third kappa shape index (κ3) is 3.17. The summed E-state index contributed by atoms with van der Waals surface area (Å²) in [5.41, 5.74) is 3.26. The molecule has 0 saturated carbocycles. The van der Waals surface area contributed by atoms with E-state index in [2.05, 4.69) is 30.2 Å². The Morgan fingerprint density at radius 1 is 0.920 bits per heavy atom. The second kappa shape index (κ2) is 6.37. The van der Waals surface area contributed by atoms with Crippen molar-refractivity contribution in [1.82, 2.24) is 0 Å². The van der Waals surface area contributed by atoms with Crippen LogP contribution in [0.3, 0.4) is 0 Å². The summed E-state index contributed by atoms with van der Waals surface area (Å²) in [6.45, 7) is 2.05. The molecule has 0 amide bonds. The number of fused-ring (bicyclic) bond motifs is 1.